The van der Waals surface area contributed by atoms with Crippen molar-refractivity contribution >= 4 is 23.2 Å². The van der Waals surface area contributed by atoms with Crippen LogP contribution < -0.4 is 9.80 Å². The zero-order valence-electron chi connectivity index (χ0n) is 16.9. The van der Waals surface area contributed by atoms with Gasteiger partial charge >= 0.3 is 0 Å². The van der Waals surface area contributed by atoms with Crippen molar-refractivity contribution in [2.45, 2.75) is 0 Å². The van der Waals surface area contributed by atoms with Crippen molar-refractivity contribution in [2.75, 3.05) is 36.0 Å². The van der Waals surface area contributed by atoms with Crippen molar-refractivity contribution in [3.05, 3.63) is 84.3 Å². The lowest BCUT2D eigenvalue weighted by Gasteiger charge is -2.36. The minimum absolute atomic E-state index is 0.669. The monoisotopic (exact) mass is 428 g/mol. The van der Waals surface area contributed by atoms with Crippen LogP contribution in [-0.4, -0.2) is 46.1 Å². The van der Waals surface area contributed by atoms with E-state index in [1.807, 2.05) is 54.7 Å². The van der Waals surface area contributed by atoms with E-state index in [-0.39, 0.29) is 0 Å². The molecule has 1 fully saturated rings. The topological polar surface area (TPSA) is 58.0 Å². The van der Waals surface area contributed by atoms with Crippen LogP contribution >= 0.6 is 11.6 Å². The number of hydrogen-bond donors (Lipinski definition) is 0. The summed E-state index contributed by atoms with van der Waals surface area (Å²) in [6, 6.07) is 19.7. The molecule has 1 aliphatic rings. The summed E-state index contributed by atoms with van der Waals surface area (Å²) in [6.07, 6.45) is 5.39. The van der Waals surface area contributed by atoms with E-state index in [9.17, 15) is 0 Å². The van der Waals surface area contributed by atoms with Crippen LogP contribution in [0.4, 0.5) is 11.6 Å². The predicted molar refractivity (Wildman–Crippen MR) is 124 cm³/mol. The molecule has 31 heavy (non-hydrogen) atoms. The fraction of sp³-hybridized carbons (Fsp3) is 0.167. The van der Waals surface area contributed by atoms with Gasteiger partial charge in [0.2, 0.25) is 0 Å². The second kappa shape index (κ2) is 8.70. The fourth-order valence-electron chi connectivity index (χ4n) is 3.69. The molecule has 3 aromatic heterocycles. The average molecular weight is 429 g/mol. The number of halogens is 1. The number of pyridine rings is 2. The molecule has 0 saturated carbocycles. The van der Waals surface area contributed by atoms with Gasteiger partial charge in [0.1, 0.15) is 11.6 Å². The molecule has 1 saturated heterocycles. The van der Waals surface area contributed by atoms with Crippen LogP contribution in [0, 0.1) is 0 Å². The van der Waals surface area contributed by atoms with Crippen molar-refractivity contribution in [3.8, 4) is 22.6 Å². The van der Waals surface area contributed by atoms with Crippen molar-refractivity contribution in [1.82, 2.24) is 19.9 Å². The van der Waals surface area contributed by atoms with E-state index >= 15 is 0 Å². The zero-order valence-corrected chi connectivity index (χ0v) is 17.7. The second-order valence-electron chi connectivity index (χ2n) is 7.35. The van der Waals surface area contributed by atoms with E-state index < -0.39 is 0 Å². The predicted octanol–water partition coefficient (Wildman–Crippen LogP) is 4.58. The molecule has 4 aromatic rings. The summed E-state index contributed by atoms with van der Waals surface area (Å²) in [5.74, 6) is 2.60. The summed E-state index contributed by atoms with van der Waals surface area (Å²) in [5, 5.41) is 0.705. The SMILES string of the molecule is Clc1ccc(-c2cc(N3CCN(c4ccccn4)CC3)nc(-c3cccnc3)n2)cc1. The Bertz CT molecular complexity index is 1140. The molecule has 0 spiro atoms. The minimum atomic E-state index is 0.669. The van der Waals surface area contributed by atoms with Crippen LogP contribution in [0.2, 0.25) is 5.02 Å². The Morgan fingerprint density at radius 2 is 1.48 bits per heavy atom. The maximum absolute atomic E-state index is 6.08. The van der Waals surface area contributed by atoms with Gasteiger partial charge < -0.3 is 9.80 Å². The smallest absolute Gasteiger partial charge is 0.163 e. The highest BCUT2D eigenvalue weighted by molar-refractivity contribution is 6.30. The number of rotatable bonds is 4. The van der Waals surface area contributed by atoms with Gasteiger partial charge in [0, 0.05) is 67.0 Å². The molecule has 5 rings (SSSR count). The molecule has 4 heterocycles. The van der Waals surface area contributed by atoms with Crippen molar-refractivity contribution in [1.29, 1.82) is 0 Å². The van der Waals surface area contributed by atoms with Gasteiger partial charge in [0.15, 0.2) is 5.82 Å². The first-order valence-corrected chi connectivity index (χ1v) is 10.6. The van der Waals surface area contributed by atoms with Gasteiger partial charge in [-0.15, -0.1) is 0 Å². The Morgan fingerprint density at radius 3 is 2.16 bits per heavy atom. The van der Waals surface area contributed by atoms with Gasteiger partial charge in [-0.1, -0.05) is 29.8 Å². The second-order valence-corrected chi connectivity index (χ2v) is 7.78. The third-order valence-electron chi connectivity index (χ3n) is 5.35. The Balaban J connectivity index is 1.46. The molecule has 0 aliphatic carbocycles. The molecule has 1 aliphatic heterocycles. The maximum atomic E-state index is 6.08. The van der Waals surface area contributed by atoms with Crippen LogP contribution in [0.25, 0.3) is 22.6 Å². The molecular formula is C24H21ClN6. The molecular weight excluding hydrogens is 408 g/mol. The van der Waals surface area contributed by atoms with Gasteiger partial charge in [-0.3, -0.25) is 4.98 Å². The first-order chi connectivity index (χ1) is 15.3. The van der Waals surface area contributed by atoms with Crippen LogP contribution in [0.1, 0.15) is 0 Å². The van der Waals surface area contributed by atoms with E-state index in [4.69, 9.17) is 21.6 Å². The van der Waals surface area contributed by atoms with E-state index in [2.05, 4.69) is 31.9 Å². The molecule has 0 unspecified atom stereocenters. The highest BCUT2D eigenvalue weighted by atomic mass is 35.5. The van der Waals surface area contributed by atoms with Crippen molar-refractivity contribution in [3.63, 3.8) is 0 Å². The van der Waals surface area contributed by atoms with Gasteiger partial charge in [-0.25, -0.2) is 15.0 Å². The Labute approximate surface area is 186 Å². The molecule has 6 nitrogen and oxygen atoms in total. The number of anilines is 2. The van der Waals surface area contributed by atoms with Crippen LogP contribution in [0.3, 0.4) is 0 Å². The molecule has 0 amide bonds. The van der Waals surface area contributed by atoms with Crippen LogP contribution in [0.15, 0.2) is 79.3 Å². The van der Waals surface area contributed by atoms with Crippen LogP contribution in [-0.2, 0) is 0 Å². The highest BCUT2D eigenvalue weighted by Crippen LogP contribution is 2.27. The van der Waals surface area contributed by atoms with Crippen molar-refractivity contribution in [2.24, 2.45) is 0 Å². The molecule has 0 atom stereocenters. The molecule has 154 valence electrons. The van der Waals surface area contributed by atoms with E-state index in [0.717, 1.165) is 54.6 Å². The summed E-state index contributed by atoms with van der Waals surface area (Å²) < 4.78 is 0. The third kappa shape index (κ3) is 4.34. The number of hydrogen-bond acceptors (Lipinski definition) is 6. The van der Waals surface area contributed by atoms with Crippen molar-refractivity contribution < 1.29 is 0 Å². The van der Waals surface area contributed by atoms with E-state index in [1.165, 1.54) is 0 Å². The molecule has 0 radical (unpaired) electrons. The largest absolute Gasteiger partial charge is 0.353 e. The molecule has 0 bridgehead atoms. The van der Waals surface area contributed by atoms with Gasteiger partial charge in [0.05, 0.1) is 5.69 Å². The van der Waals surface area contributed by atoms with Gasteiger partial charge in [0.25, 0.3) is 0 Å². The highest BCUT2D eigenvalue weighted by Gasteiger charge is 2.21. The summed E-state index contributed by atoms with van der Waals surface area (Å²) in [7, 11) is 0. The first-order valence-electron chi connectivity index (χ1n) is 10.2. The first kappa shape index (κ1) is 19.5. The molecule has 7 heteroatoms. The van der Waals surface area contributed by atoms with Gasteiger partial charge in [-0.05, 0) is 36.4 Å². The lowest BCUT2D eigenvalue weighted by Crippen LogP contribution is -2.47. The standard InChI is InChI=1S/C24H21ClN6/c25-20-8-6-18(7-9-20)21-16-23(29-24(28-21)19-4-3-10-26-17-19)31-14-12-30(13-15-31)22-5-1-2-11-27-22/h1-11,16-17H,12-15H2. The number of nitrogens with zero attached hydrogens (tertiary/aromatic N) is 6. The van der Waals surface area contributed by atoms with Crippen LogP contribution in [0.5, 0.6) is 0 Å². The number of aromatic nitrogens is 4. The van der Waals surface area contributed by atoms with Gasteiger partial charge in [-0.2, -0.15) is 0 Å². The third-order valence-corrected chi connectivity index (χ3v) is 5.60. The maximum Gasteiger partial charge on any atom is 0.163 e. The normalized spacial score (nSPS) is 14.0. The fourth-order valence-corrected chi connectivity index (χ4v) is 3.82. The van der Waals surface area contributed by atoms with E-state index in [0.29, 0.717) is 10.8 Å². The average Bonchev–Trinajstić information content (AvgIpc) is 2.85. The lowest BCUT2D eigenvalue weighted by molar-refractivity contribution is 0.641. The summed E-state index contributed by atoms with van der Waals surface area (Å²) in [4.78, 5) is 23.0. The minimum Gasteiger partial charge on any atom is -0.353 e. The Hall–Kier alpha value is -3.51. The molecule has 1 aromatic carbocycles. The Morgan fingerprint density at radius 1 is 0.710 bits per heavy atom. The summed E-state index contributed by atoms with van der Waals surface area (Å²) in [6.45, 7) is 3.50. The number of piperazine rings is 1. The summed E-state index contributed by atoms with van der Waals surface area (Å²) in [5.41, 5.74) is 2.77. The number of benzene rings is 1. The summed E-state index contributed by atoms with van der Waals surface area (Å²) >= 11 is 6.08. The molecule has 0 N–H and O–H groups in total. The lowest BCUT2D eigenvalue weighted by atomic mass is 10.1. The zero-order chi connectivity index (χ0) is 21.0. The quantitative estimate of drug-likeness (QED) is 0.474. The van der Waals surface area contributed by atoms with E-state index in [1.54, 1.807) is 12.4 Å². The Kier molecular flexibility index (Phi) is 5.46.